The average molecular weight is 477 g/mol. The maximum absolute atomic E-state index is 13.0. The van der Waals surface area contributed by atoms with E-state index in [0.717, 1.165) is 17.7 Å². The molecule has 0 aliphatic rings. The lowest BCUT2D eigenvalue weighted by atomic mass is 10.0. The molecule has 0 aromatic heterocycles. The van der Waals surface area contributed by atoms with Gasteiger partial charge in [0.25, 0.3) is 5.91 Å². The van der Waals surface area contributed by atoms with Crippen LogP contribution in [0.2, 0.25) is 0 Å². The fourth-order valence-electron chi connectivity index (χ4n) is 4.13. The summed E-state index contributed by atoms with van der Waals surface area (Å²) in [6, 6.07) is 21.6. The summed E-state index contributed by atoms with van der Waals surface area (Å²) in [6.07, 6.45) is 0. The van der Waals surface area contributed by atoms with Crippen molar-refractivity contribution in [2.75, 3.05) is 32.7 Å². The Bertz CT molecular complexity index is 1100. The van der Waals surface area contributed by atoms with Crippen LogP contribution < -0.4 is 19.5 Å². The molecule has 0 saturated carbocycles. The summed E-state index contributed by atoms with van der Waals surface area (Å²) in [5.74, 6) is 1.62. The second-order valence-corrected chi connectivity index (χ2v) is 8.87. The molecular formula is C29H36N2O4. The Kier molecular flexibility index (Phi) is 9.15. The highest BCUT2D eigenvalue weighted by molar-refractivity contribution is 6.05. The van der Waals surface area contributed by atoms with Gasteiger partial charge in [-0.25, -0.2) is 0 Å². The van der Waals surface area contributed by atoms with Gasteiger partial charge in [0.05, 0.1) is 14.2 Å². The molecule has 1 amide bonds. The van der Waals surface area contributed by atoms with Crippen molar-refractivity contribution in [3.8, 4) is 28.4 Å². The first-order valence-electron chi connectivity index (χ1n) is 12.0. The van der Waals surface area contributed by atoms with Crippen LogP contribution in [0.3, 0.4) is 0 Å². The third kappa shape index (κ3) is 6.76. The van der Waals surface area contributed by atoms with Gasteiger partial charge in [0.2, 0.25) is 0 Å². The fraction of sp³-hybridized carbons (Fsp3) is 0.345. The average Bonchev–Trinajstić information content (AvgIpc) is 2.86. The molecule has 0 unspecified atom stereocenters. The van der Waals surface area contributed by atoms with Crippen molar-refractivity contribution in [1.82, 2.24) is 4.90 Å². The van der Waals surface area contributed by atoms with Crippen LogP contribution in [0, 0.1) is 0 Å². The number of anilines is 1. The smallest absolute Gasteiger partial charge is 0.255 e. The summed E-state index contributed by atoms with van der Waals surface area (Å²) in [7, 11) is 3.21. The van der Waals surface area contributed by atoms with Gasteiger partial charge in [-0.1, -0.05) is 30.3 Å². The third-order valence-corrected chi connectivity index (χ3v) is 5.90. The quantitative estimate of drug-likeness (QED) is 0.361. The number of hydrogen-bond donors (Lipinski definition) is 1. The maximum atomic E-state index is 13.0. The van der Waals surface area contributed by atoms with Crippen LogP contribution in [-0.4, -0.2) is 50.3 Å². The van der Waals surface area contributed by atoms with Crippen LogP contribution in [0.4, 0.5) is 5.69 Å². The molecule has 6 nitrogen and oxygen atoms in total. The largest absolute Gasteiger partial charge is 0.496 e. The minimum absolute atomic E-state index is 0.232. The number of nitrogens with one attached hydrogen (secondary N) is 1. The molecule has 0 aliphatic heterocycles. The van der Waals surface area contributed by atoms with Crippen molar-refractivity contribution in [2.24, 2.45) is 0 Å². The zero-order valence-electron chi connectivity index (χ0n) is 21.5. The molecule has 0 heterocycles. The Balaban J connectivity index is 1.73. The molecule has 0 radical (unpaired) electrons. The van der Waals surface area contributed by atoms with Gasteiger partial charge >= 0.3 is 0 Å². The van der Waals surface area contributed by atoms with Gasteiger partial charge in [0, 0.05) is 41.5 Å². The van der Waals surface area contributed by atoms with E-state index in [1.54, 1.807) is 44.6 Å². The summed E-state index contributed by atoms with van der Waals surface area (Å²) in [5, 5.41) is 2.96. The van der Waals surface area contributed by atoms with E-state index in [4.69, 9.17) is 14.2 Å². The predicted molar refractivity (Wildman–Crippen MR) is 142 cm³/mol. The Labute approximate surface area is 208 Å². The first kappa shape index (κ1) is 26.1. The first-order valence-corrected chi connectivity index (χ1v) is 12.0. The van der Waals surface area contributed by atoms with E-state index in [0.29, 0.717) is 47.2 Å². The zero-order valence-corrected chi connectivity index (χ0v) is 21.5. The van der Waals surface area contributed by atoms with Crippen LogP contribution in [0.1, 0.15) is 38.1 Å². The van der Waals surface area contributed by atoms with Crippen molar-refractivity contribution >= 4 is 11.6 Å². The van der Waals surface area contributed by atoms with Gasteiger partial charge in [0.1, 0.15) is 12.4 Å². The minimum atomic E-state index is -0.232. The number of methoxy groups -OCH3 is 2. The van der Waals surface area contributed by atoms with Crippen molar-refractivity contribution in [3.05, 3.63) is 72.3 Å². The molecule has 3 aromatic rings. The van der Waals surface area contributed by atoms with Gasteiger partial charge in [0.15, 0.2) is 11.5 Å². The Morgan fingerprint density at radius 2 is 1.51 bits per heavy atom. The normalized spacial score (nSPS) is 11.1. The van der Waals surface area contributed by atoms with Crippen LogP contribution in [0.25, 0.3) is 11.1 Å². The second kappa shape index (κ2) is 12.3. The first-order chi connectivity index (χ1) is 16.8. The standard InChI is InChI=1S/C29H36N2O4/c1-20(2)31(21(3)4)16-17-35-28-19-24(13-15-26(28)33-5)30-29(32)23-12-14-25(27(18-23)34-6)22-10-8-7-9-11-22/h7-15,18-21H,16-17H2,1-6H3,(H,30,32). The molecule has 0 aliphatic carbocycles. The van der Waals surface area contributed by atoms with Crippen LogP contribution in [-0.2, 0) is 0 Å². The maximum Gasteiger partial charge on any atom is 0.255 e. The van der Waals surface area contributed by atoms with Crippen molar-refractivity contribution < 1.29 is 19.0 Å². The molecule has 3 aromatic carbocycles. The molecule has 0 bridgehead atoms. The second-order valence-electron chi connectivity index (χ2n) is 8.87. The number of rotatable bonds is 11. The molecule has 0 spiro atoms. The third-order valence-electron chi connectivity index (χ3n) is 5.90. The lowest BCUT2D eigenvalue weighted by Crippen LogP contribution is -2.39. The van der Waals surface area contributed by atoms with Gasteiger partial charge in [-0.3, -0.25) is 9.69 Å². The number of ether oxygens (including phenoxy) is 3. The van der Waals surface area contributed by atoms with Gasteiger partial charge in [-0.05, 0) is 63.6 Å². The van der Waals surface area contributed by atoms with E-state index in [1.807, 2.05) is 36.4 Å². The van der Waals surface area contributed by atoms with E-state index in [1.165, 1.54) is 0 Å². The van der Waals surface area contributed by atoms with E-state index in [-0.39, 0.29) is 5.91 Å². The van der Waals surface area contributed by atoms with Crippen molar-refractivity contribution in [3.63, 3.8) is 0 Å². The Morgan fingerprint density at radius 1 is 0.829 bits per heavy atom. The lowest BCUT2D eigenvalue weighted by Gasteiger charge is -2.30. The molecule has 0 atom stereocenters. The van der Waals surface area contributed by atoms with Crippen LogP contribution >= 0.6 is 0 Å². The summed E-state index contributed by atoms with van der Waals surface area (Å²) in [6.45, 7) is 10.0. The number of carbonyl (C=O) groups excluding carboxylic acids is 1. The Morgan fingerprint density at radius 3 is 2.14 bits per heavy atom. The summed E-state index contributed by atoms with van der Waals surface area (Å²) in [5.41, 5.74) is 3.09. The molecule has 35 heavy (non-hydrogen) atoms. The van der Waals surface area contributed by atoms with E-state index >= 15 is 0 Å². The summed E-state index contributed by atoms with van der Waals surface area (Å²) >= 11 is 0. The van der Waals surface area contributed by atoms with E-state index < -0.39 is 0 Å². The number of amides is 1. The highest BCUT2D eigenvalue weighted by Gasteiger charge is 2.15. The summed E-state index contributed by atoms with van der Waals surface area (Å²) < 4.78 is 17.1. The highest BCUT2D eigenvalue weighted by atomic mass is 16.5. The van der Waals surface area contributed by atoms with Crippen LogP contribution in [0.5, 0.6) is 17.2 Å². The van der Waals surface area contributed by atoms with Crippen molar-refractivity contribution in [1.29, 1.82) is 0 Å². The summed E-state index contributed by atoms with van der Waals surface area (Å²) in [4.78, 5) is 15.4. The molecule has 186 valence electrons. The van der Waals surface area contributed by atoms with Gasteiger partial charge < -0.3 is 19.5 Å². The number of carbonyl (C=O) groups is 1. The van der Waals surface area contributed by atoms with Crippen molar-refractivity contribution in [2.45, 2.75) is 39.8 Å². The molecule has 1 N–H and O–H groups in total. The Hall–Kier alpha value is -3.51. The van der Waals surface area contributed by atoms with Gasteiger partial charge in [-0.2, -0.15) is 0 Å². The molecule has 0 fully saturated rings. The molecule has 6 heteroatoms. The number of nitrogens with zero attached hydrogens (tertiary/aromatic N) is 1. The fourth-order valence-corrected chi connectivity index (χ4v) is 4.13. The van der Waals surface area contributed by atoms with E-state index in [9.17, 15) is 4.79 Å². The molecule has 0 saturated heterocycles. The van der Waals surface area contributed by atoms with Gasteiger partial charge in [-0.15, -0.1) is 0 Å². The van der Waals surface area contributed by atoms with Crippen LogP contribution in [0.15, 0.2) is 66.7 Å². The predicted octanol–water partition coefficient (Wildman–Crippen LogP) is 6.12. The monoisotopic (exact) mass is 476 g/mol. The highest BCUT2D eigenvalue weighted by Crippen LogP contribution is 2.32. The van der Waals surface area contributed by atoms with E-state index in [2.05, 4.69) is 37.9 Å². The number of hydrogen-bond acceptors (Lipinski definition) is 5. The topological polar surface area (TPSA) is 60.0 Å². The molecule has 3 rings (SSSR count). The SMILES string of the molecule is COc1ccc(NC(=O)c2ccc(-c3ccccc3)c(OC)c2)cc1OCCN(C(C)C)C(C)C. The lowest BCUT2D eigenvalue weighted by molar-refractivity contribution is 0.102. The minimum Gasteiger partial charge on any atom is -0.496 e. The zero-order chi connectivity index (χ0) is 25.4. The molecular weight excluding hydrogens is 440 g/mol. The number of benzene rings is 3.